The average molecular weight is 240 g/mol. The Hall–Kier alpha value is -0.600. The summed E-state index contributed by atoms with van der Waals surface area (Å²) in [5.74, 6) is 0. The summed E-state index contributed by atoms with van der Waals surface area (Å²) in [7, 11) is 0. The van der Waals surface area contributed by atoms with Crippen LogP contribution in [0.25, 0.3) is 0 Å². The molecule has 15 heavy (non-hydrogen) atoms. The van der Waals surface area contributed by atoms with Gasteiger partial charge in [-0.15, -0.1) is 0 Å². The molecular formula is C12H14ClNS. The molecule has 0 aliphatic carbocycles. The zero-order chi connectivity index (χ0) is 10.7. The van der Waals surface area contributed by atoms with E-state index in [0.717, 1.165) is 29.5 Å². The van der Waals surface area contributed by atoms with Crippen LogP contribution in [0.15, 0.2) is 24.3 Å². The third-order valence-corrected chi connectivity index (χ3v) is 3.38. The molecule has 1 fully saturated rings. The van der Waals surface area contributed by atoms with E-state index in [1.165, 1.54) is 18.4 Å². The van der Waals surface area contributed by atoms with E-state index in [0.29, 0.717) is 0 Å². The van der Waals surface area contributed by atoms with Crippen LogP contribution in [0.1, 0.15) is 18.4 Å². The lowest BCUT2D eigenvalue weighted by Crippen LogP contribution is -2.27. The lowest BCUT2D eigenvalue weighted by Gasteiger charge is -2.18. The fourth-order valence-electron chi connectivity index (χ4n) is 1.86. The first kappa shape index (κ1) is 10.9. The summed E-state index contributed by atoms with van der Waals surface area (Å²) in [6, 6.07) is 7.93. The first-order chi connectivity index (χ1) is 7.25. The minimum atomic E-state index is 0.783. The molecule has 0 spiro atoms. The van der Waals surface area contributed by atoms with Crippen molar-refractivity contribution in [2.45, 2.75) is 19.3 Å². The number of rotatable bonds is 2. The first-order valence-electron chi connectivity index (χ1n) is 5.28. The minimum absolute atomic E-state index is 0.783. The van der Waals surface area contributed by atoms with E-state index in [-0.39, 0.29) is 0 Å². The summed E-state index contributed by atoms with van der Waals surface area (Å²) < 4.78 is 0. The van der Waals surface area contributed by atoms with Gasteiger partial charge in [0.2, 0.25) is 0 Å². The Balaban J connectivity index is 1.96. The molecule has 1 aromatic rings. The monoisotopic (exact) mass is 239 g/mol. The van der Waals surface area contributed by atoms with Gasteiger partial charge in [-0.05, 0) is 30.5 Å². The second-order valence-electron chi connectivity index (χ2n) is 3.89. The Morgan fingerprint density at radius 3 is 2.40 bits per heavy atom. The molecule has 0 amide bonds. The molecule has 1 aliphatic rings. The Morgan fingerprint density at radius 2 is 1.80 bits per heavy atom. The van der Waals surface area contributed by atoms with Crippen LogP contribution in [-0.4, -0.2) is 23.0 Å². The number of nitrogens with zero attached hydrogens (tertiary/aromatic N) is 1. The largest absolute Gasteiger partial charge is 0.366 e. The highest BCUT2D eigenvalue weighted by Crippen LogP contribution is 2.14. The highest BCUT2D eigenvalue weighted by atomic mass is 35.5. The van der Waals surface area contributed by atoms with Gasteiger partial charge in [0.25, 0.3) is 0 Å². The smallest absolute Gasteiger partial charge is 0.0823 e. The van der Waals surface area contributed by atoms with Gasteiger partial charge in [-0.3, -0.25) is 0 Å². The van der Waals surface area contributed by atoms with E-state index in [1.54, 1.807) is 0 Å². The Bertz CT molecular complexity index is 341. The van der Waals surface area contributed by atoms with E-state index >= 15 is 0 Å². The van der Waals surface area contributed by atoms with Crippen molar-refractivity contribution in [2.24, 2.45) is 0 Å². The van der Waals surface area contributed by atoms with Gasteiger partial charge < -0.3 is 4.90 Å². The van der Waals surface area contributed by atoms with E-state index < -0.39 is 0 Å². The summed E-state index contributed by atoms with van der Waals surface area (Å²) in [5.41, 5.74) is 1.25. The molecule has 1 nitrogen and oxygen atoms in total. The molecule has 0 bridgehead atoms. The van der Waals surface area contributed by atoms with E-state index in [9.17, 15) is 0 Å². The van der Waals surface area contributed by atoms with Crippen molar-refractivity contribution >= 4 is 28.8 Å². The van der Waals surface area contributed by atoms with Crippen LogP contribution in [-0.2, 0) is 6.42 Å². The molecule has 0 N–H and O–H groups in total. The van der Waals surface area contributed by atoms with Gasteiger partial charge in [0, 0.05) is 24.5 Å². The fraction of sp³-hybridized carbons (Fsp3) is 0.417. The molecule has 3 heteroatoms. The first-order valence-corrected chi connectivity index (χ1v) is 6.06. The van der Waals surface area contributed by atoms with Gasteiger partial charge >= 0.3 is 0 Å². The Morgan fingerprint density at radius 1 is 1.20 bits per heavy atom. The van der Waals surface area contributed by atoms with Crippen molar-refractivity contribution in [3.63, 3.8) is 0 Å². The van der Waals surface area contributed by atoms with Crippen molar-refractivity contribution in [1.82, 2.24) is 4.90 Å². The number of hydrogen-bond acceptors (Lipinski definition) is 1. The van der Waals surface area contributed by atoms with Gasteiger partial charge in [-0.1, -0.05) is 36.0 Å². The van der Waals surface area contributed by atoms with Gasteiger partial charge in [-0.2, -0.15) is 0 Å². The van der Waals surface area contributed by atoms with Gasteiger partial charge in [0.15, 0.2) is 0 Å². The molecule has 0 aromatic heterocycles. The lowest BCUT2D eigenvalue weighted by molar-refractivity contribution is 0.521. The molecule has 1 aliphatic heterocycles. The molecule has 0 radical (unpaired) electrons. The molecule has 0 atom stereocenters. The van der Waals surface area contributed by atoms with Gasteiger partial charge in [-0.25, -0.2) is 0 Å². The number of halogens is 1. The zero-order valence-electron chi connectivity index (χ0n) is 8.58. The maximum Gasteiger partial charge on any atom is 0.0823 e. The molecule has 0 unspecified atom stereocenters. The summed E-state index contributed by atoms with van der Waals surface area (Å²) in [6.45, 7) is 2.26. The van der Waals surface area contributed by atoms with Gasteiger partial charge in [0.05, 0.1) is 4.99 Å². The van der Waals surface area contributed by atoms with Crippen LogP contribution in [0.2, 0.25) is 5.02 Å². The Kier molecular flexibility index (Phi) is 3.60. The lowest BCUT2D eigenvalue weighted by atomic mass is 10.1. The molecule has 1 aromatic carbocycles. The van der Waals surface area contributed by atoms with E-state index in [1.807, 2.05) is 24.3 Å². The zero-order valence-corrected chi connectivity index (χ0v) is 10.2. The van der Waals surface area contributed by atoms with Crippen LogP contribution in [0, 0.1) is 0 Å². The molecular weight excluding hydrogens is 226 g/mol. The molecule has 1 heterocycles. The number of hydrogen-bond donors (Lipinski definition) is 0. The van der Waals surface area contributed by atoms with Crippen molar-refractivity contribution in [3.05, 3.63) is 34.9 Å². The highest BCUT2D eigenvalue weighted by molar-refractivity contribution is 7.80. The van der Waals surface area contributed by atoms with Crippen LogP contribution < -0.4 is 0 Å². The normalized spacial score (nSPS) is 15.7. The standard InChI is InChI=1S/C12H14ClNS/c13-11-5-3-10(4-6-11)9-12(15)14-7-1-2-8-14/h3-6H,1-2,7-9H2. The van der Waals surface area contributed by atoms with Crippen LogP contribution in [0.5, 0.6) is 0 Å². The number of benzene rings is 1. The maximum absolute atomic E-state index is 5.83. The van der Waals surface area contributed by atoms with Crippen molar-refractivity contribution in [2.75, 3.05) is 13.1 Å². The highest BCUT2D eigenvalue weighted by Gasteiger charge is 2.14. The second kappa shape index (κ2) is 4.95. The van der Waals surface area contributed by atoms with Gasteiger partial charge in [0.1, 0.15) is 0 Å². The average Bonchev–Trinajstić information content (AvgIpc) is 2.74. The molecule has 1 saturated heterocycles. The third kappa shape index (κ3) is 2.93. The number of likely N-dealkylation sites (tertiary alicyclic amines) is 1. The third-order valence-electron chi connectivity index (χ3n) is 2.73. The van der Waals surface area contributed by atoms with Crippen LogP contribution >= 0.6 is 23.8 Å². The molecule has 80 valence electrons. The van der Waals surface area contributed by atoms with Crippen molar-refractivity contribution in [3.8, 4) is 0 Å². The van der Waals surface area contributed by atoms with Crippen LogP contribution in [0.3, 0.4) is 0 Å². The summed E-state index contributed by atoms with van der Waals surface area (Å²) in [5, 5.41) is 0.783. The molecule has 0 saturated carbocycles. The second-order valence-corrected chi connectivity index (χ2v) is 4.80. The SMILES string of the molecule is S=C(Cc1ccc(Cl)cc1)N1CCCC1. The van der Waals surface area contributed by atoms with Crippen molar-refractivity contribution in [1.29, 1.82) is 0 Å². The topological polar surface area (TPSA) is 3.24 Å². The maximum atomic E-state index is 5.83. The quantitative estimate of drug-likeness (QED) is 0.729. The summed E-state index contributed by atoms with van der Waals surface area (Å²) in [4.78, 5) is 3.37. The number of thiocarbonyl (C=S) groups is 1. The molecule has 2 rings (SSSR count). The van der Waals surface area contributed by atoms with E-state index in [4.69, 9.17) is 23.8 Å². The Labute approximate surface area is 101 Å². The van der Waals surface area contributed by atoms with E-state index in [2.05, 4.69) is 4.90 Å². The minimum Gasteiger partial charge on any atom is -0.366 e. The summed E-state index contributed by atoms with van der Waals surface area (Å²) in [6.07, 6.45) is 3.42. The predicted octanol–water partition coefficient (Wildman–Crippen LogP) is 3.31. The summed E-state index contributed by atoms with van der Waals surface area (Å²) >= 11 is 11.3. The van der Waals surface area contributed by atoms with Crippen LogP contribution in [0.4, 0.5) is 0 Å². The van der Waals surface area contributed by atoms with Crippen molar-refractivity contribution < 1.29 is 0 Å². The predicted molar refractivity (Wildman–Crippen MR) is 68.6 cm³/mol. The fourth-order valence-corrected chi connectivity index (χ4v) is 2.33.